The summed E-state index contributed by atoms with van der Waals surface area (Å²) in [5.41, 5.74) is 3.28. The number of furan rings is 1. The summed E-state index contributed by atoms with van der Waals surface area (Å²) in [5, 5.41) is 25.8. The highest BCUT2D eigenvalue weighted by atomic mass is 16.6. The molecule has 0 bridgehead atoms. The van der Waals surface area contributed by atoms with Crippen molar-refractivity contribution in [2.75, 3.05) is 5.43 Å². The lowest BCUT2D eigenvalue weighted by Crippen LogP contribution is -2.01. The molecule has 0 aliphatic rings. The molecule has 0 saturated carbocycles. The van der Waals surface area contributed by atoms with E-state index in [1.165, 1.54) is 12.1 Å². The van der Waals surface area contributed by atoms with E-state index < -0.39 is 15.5 Å². The lowest BCUT2D eigenvalue weighted by Gasteiger charge is -2.03. The number of hydrogen-bond acceptors (Lipinski definition) is 7. The van der Waals surface area contributed by atoms with Crippen molar-refractivity contribution in [1.82, 2.24) is 0 Å². The monoisotopic (exact) mass is 318 g/mol. The van der Waals surface area contributed by atoms with Crippen molar-refractivity contribution in [2.45, 2.75) is 20.8 Å². The van der Waals surface area contributed by atoms with Gasteiger partial charge in [-0.25, -0.2) is 0 Å². The second-order valence-corrected chi connectivity index (χ2v) is 4.87. The number of benzene rings is 1. The molecule has 2 rings (SSSR count). The Morgan fingerprint density at radius 1 is 1.17 bits per heavy atom. The van der Waals surface area contributed by atoms with Crippen LogP contribution in [0.15, 0.2) is 33.8 Å². The smallest absolute Gasteiger partial charge is 0.301 e. The molecular formula is C14H14N4O5. The van der Waals surface area contributed by atoms with Crippen LogP contribution < -0.4 is 5.43 Å². The van der Waals surface area contributed by atoms with E-state index in [2.05, 4.69) is 10.5 Å². The lowest BCUT2D eigenvalue weighted by atomic mass is 10.2. The van der Waals surface area contributed by atoms with E-state index in [0.717, 1.165) is 17.4 Å². The van der Waals surface area contributed by atoms with Crippen LogP contribution in [0.1, 0.15) is 24.0 Å². The minimum atomic E-state index is -0.707. The average molecular weight is 318 g/mol. The molecule has 0 saturated heterocycles. The Morgan fingerprint density at radius 2 is 1.87 bits per heavy atom. The van der Waals surface area contributed by atoms with Gasteiger partial charge in [0.05, 0.1) is 15.9 Å². The molecule has 0 unspecified atom stereocenters. The molecule has 0 amide bonds. The van der Waals surface area contributed by atoms with Crippen molar-refractivity contribution in [2.24, 2.45) is 5.10 Å². The van der Waals surface area contributed by atoms with Crippen LogP contribution >= 0.6 is 0 Å². The number of rotatable bonds is 5. The standard InChI is InChI=1S/C14H14N4O5/c1-8-6-14(23-10(8)3)9(2)15-16-12-5-4-11(17(19)20)7-13(12)18(21)22/h4-7,16H,1-3H3/b15-9-. The summed E-state index contributed by atoms with van der Waals surface area (Å²) in [6, 6.07) is 5.10. The molecular weight excluding hydrogens is 304 g/mol. The molecule has 1 aromatic heterocycles. The average Bonchev–Trinajstić information content (AvgIpc) is 2.84. The number of hydrogen-bond donors (Lipinski definition) is 1. The second kappa shape index (κ2) is 6.26. The number of anilines is 1. The summed E-state index contributed by atoms with van der Waals surface area (Å²) in [6.07, 6.45) is 0. The molecule has 9 nitrogen and oxygen atoms in total. The maximum absolute atomic E-state index is 11.0. The molecule has 0 aliphatic carbocycles. The first kappa shape index (κ1) is 16.1. The van der Waals surface area contributed by atoms with Crippen LogP contribution in [0, 0.1) is 34.1 Å². The van der Waals surface area contributed by atoms with Gasteiger partial charge >= 0.3 is 5.69 Å². The van der Waals surface area contributed by atoms with Gasteiger partial charge in [0.1, 0.15) is 22.9 Å². The highest BCUT2D eigenvalue weighted by Crippen LogP contribution is 2.29. The molecule has 9 heteroatoms. The fourth-order valence-corrected chi connectivity index (χ4v) is 1.83. The summed E-state index contributed by atoms with van der Waals surface area (Å²) in [5.74, 6) is 1.30. The van der Waals surface area contributed by atoms with Crippen molar-refractivity contribution >= 4 is 22.8 Å². The fraction of sp³-hybridized carbons (Fsp3) is 0.214. The van der Waals surface area contributed by atoms with Crippen LogP contribution in [0.2, 0.25) is 0 Å². The summed E-state index contributed by atoms with van der Waals surface area (Å²) in [6.45, 7) is 5.40. The van der Waals surface area contributed by atoms with Crippen LogP contribution in [0.5, 0.6) is 0 Å². The van der Waals surface area contributed by atoms with Crippen molar-refractivity contribution < 1.29 is 14.3 Å². The van der Waals surface area contributed by atoms with E-state index in [4.69, 9.17) is 4.42 Å². The van der Waals surface area contributed by atoms with Crippen molar-refractivity contribution in [3.63, 3.8) is 0 Å². The molecule has 2 aromatic rings. The molecule has 0 fully saturated rings. The first-order chi connectivity index (χ1) is 10.8. The molecule has 1 aromatic carbocycles. The Balaban J connectivity index is 2.30. The van der Waals surface area contributed by atoms with Gasteiger partial charge in [-0.1, -0.05) is 0 Å². The van der Waals surface area contributed by atoms with E-state index in [1.54, 1.807) is 13.0 Å². The third-order valence-electron chi connectivity index (χ3n) is 3.26. The van der Waals surface area contributed by atoms with Gasteiger partial charge in [-0.3, -0.25) is 25.7 Å². The first-order valence-electron chi connectivity index (χ1n) is 6.60. The summed E-state index contributed by atoms with van der Waals surface area (Å²) in [4.78, 5) is 20.3. The SMILES string of the molecule is C/C(=N/Nc1ccc([N+](=O)[O-])cc1[N+](=O)[O-])c1cc(C)c(C)o1. The van der Waals surface area contributed by atoms with Gasteiger partial charge in [-0.05, 0) is 38.5 Å². The largest absolute Gasteiger partial charge is 0.460 e. The van der Waals surface area contributed by atoms with Gasteiger partial charge < -0.3 is 4.42 Å². The van der Waals surface area contributed by atoms with Crippen molar-refractivity contribution in [3.8, 4) is 0 Å². The summed E-state index contributed by atoms with van der Waals surface area (Å²) < 4.78 is 5.50. The zero-order chi connectivity index (χ0) is 17.1. The molecule has 23 heavy (non-hydrogen) atoms. The van der Waals surface area contributed by atoms with Crippen molar-refractivity contribution in [1.29, 1.82) is 0 Å². The Morgan fingerprint density at radius 3 is 2.39 bits per heavy atom. The number of nitro benzene ring substituents is 2. The molecule has 1 N–H and O–H groups in total. The number of hydrazone groups is 1. The molecule has 0 radical (unpaired) electrons. The molecule has 0 aliphatic heterocycles. The van der Waals surface area contributed by atoms with Crippen LogP contribution in [0.3, 0.4) is 0 Å². The van der Waals surface area contributed by atoms with Crippen LogP contribution in [-0.2, 0) is 0 Å². The third kappa shape index (κ3) is 3.51. The maximum Gasteiger partial charge on any atom is 0.301 e. The number of nitro groups is 2. The number of nitrogens with zero attached hydrogens (tertiary/aromatic N) is 3. The maximum atomic E-state index is 11.0. The highest BCUT2D eigenvalue weighted by Gasteiger charge is 2.19. The van der Waals surface area contributed by atoms with Gasteiger partial charge in [-0.15, -0.1) is 0 Å². The molecule has 0 spiro atoms. The third-order valence-corrected chi connectivity index (χ3v) is 3.26. The quantitative estimate of drug-likeness (QED) is 0.510. The minimum absolute atomic E-state index is 0.0555. The number of aryl methyl sites for hydroxylation is 2. The Labute approximate surface area is 130 Å². The summed E-state index contributed by atoms with van der Waals surface area (Å²) >= 11 is 0. The van der Waals surface area contributed by atoms with Gasteiger partial charge in [0.15, 0.2) is 0 Å². The van der Waals surface area contributed by atoms with Crippen molar-refractivity contribution in [3.05, 3.63) is 61.6 Å². The Kier molecular flexibility index (Phi) is 4.39. The fourth-order valence-electron chi connectivity index (χ4n) is 1.83. The minimum Gasteiger partial charge on any atom is -0.460 e. The molecule has 1 heterocycles. The van der Waals surface area contributed by atoms with E-state index in [9.17, 15) is 20.2 Å². The summed E-state index contributed by atoms with van der Waals surface area (Å²) in [7, 11) is 0. The predicted molar refractivity (Wildman–Crippen MR) is 83.8 cm³/mol. The van der Waals surface area contributed by atoms with E-state index >= 15 is 0 Å². The molecule has 120 valence electrons. The Bertz CT molecular complexity index is 790. The highest BCUT2D eigenvalue weighted by molar-refractivity contribution is 5.97. The predicted octanol–water partition coefficient (Wildman–Crippen LogP) is 3.55. The van der Waals surface area contributed by atoms with Gasteiger partial charge in [0.25, 0.3) is 5.69 Å². The normalized spacial score (nSPS) is 11.3. The Hall–Kier alpha value is -3.23. The number of nitrogens with one attached hydrogen (secondary N) is 1. The van der Waals surface area contributed by atoms with E-state index in [0.29, 0.717) is 11.5 Å². The van der Waals surface area contributed by atoms with Gasteiger partial charge in [-0.2, -0.15) is 5.10 Å². The van der Waals surface area contributed by atoms with E-state index in [-0.39, 0.29) is 11.4 Å². The zero-order valence-corrected chi connectivity index (χ0v) is 12.7. The van der Waals surface area contributed by atoms with Crippen LogP contribution in [0.4, 0.5) is 17.1 Å². The van der Waals surface area contributed by atoms with Crippen LogP contribution in [0.25, 0.3) is 0 Å². The van der Waals surface area contributed by atoms with Crippen LogP contribution in [-0.4, -0.2) is 15.6 Å². The van der Waals surface area contributed by atoms with E-state index in [1.807, 2.05) is 13.8 Å². The topological polar surface area (TPSA) is 124 Å². The van der Waals surface area contributed by atoms with Gasteiger partial charge in [0, 0.05) is 6.07 Å². The molecule has 0 atom stereocenters. The zero-order valence-electron chi connectivity index (χ0n) is 12.7. The second-order valence-electron chi connectivity index (χ2n) is 4.87. The van der Waals surface area contributed by atoms with Gasteiger partial charge in [0.2, 0.25) is 0 Å². The lowest BCUT2D eigenvalue weighted by molar-refractivity contribution is -0.393. The first-order valence-corrected chi connectivity index (χ1v) is 6.60. The number of non-ortho nitro benzene ring substituents is 1.